The largest absolute Gasteiger partial charge is 0.488 e. The number of ether oxygens (including phenoxy) is 1. The Labute approximate surface area is 117 Å². The molecule has 0 amide bonds. The Morgan fingerprint density at radius 3 is 2.53 bits per heavy atom. The van der Waals surface area contributed by atoms with Crippen LogP contribution in [0.4, 0.5) is 0 Å². The smallest absolute Gasteiger partial charge is 0.128 e. The van der Waals surface area contributed by atoms with Gasteiger partial charge in [0.15, 0.2) is 0 Å². The van der Waals surface area contributed by atoms with E-state index in [-0.39, 0.29) is 0 Å². The van der Waals surface area contributed by atoms with Crippen molar-refractivity contribution < 1.29 is 9.94 Å². The van der Waals surface area contributed by atoms with Gasteiger partial charge in [0.2, 0.25) is 0 Å². The molecule has 0 atom stereocenters. The molecule has 1 N–H and O–H groups in total. The van der Waals surface area contributed by atoms with Crippen LogP contribution in [-0.4, -0.2) is 10.9 Å². The van der Waals surface area contributed by atoms with Gasteiger partial charge in [0.1, 0.15) is 12.4 Å². The van der Waals surface area contributed by atoms with Gasteiger partial charge < -0.3 is 9.94 Å². The number of benzene rings is 2. The van der Waals surface area contributed by atoms with E-state index in [2.05, 4.69) is 5.16 Å². The van der Waals surface area contributed by atoms with Crippen LogP contribution in [0.5, 0.6) is 5.75 Å². The molecule has 0 saturated carbocycles. The lowest BCUT2D eigenvalue weighted by Crippen LogP contribution is -2.02. The zero-order chi connectivity index (χ0) is 13.7. The van der Waals surface area contributed by atoms with Gasteiger partial charge in [-0.2, -0.15) is 0 Å². The topological polar surface area (TPSA) is 41.8 Å². The molecule has 0 spiro atoms. The van der Waals surface area contributed by atoms with Gasteiger partial charge in [-0.1, -0.05) is 41.0 Å². The standard InChI is InChI=1S/C15H14ClNO2/c1-11(17-18)14-4-2-3-5-15(14)19-10-12-6-8-13(16)9-7-12/h2-9,18H,10H2,1H3/b17-11+. The van der Waals surface area contributed by atoms with E-state index in [1.807, 2.05) is 48.5 Å². The summed E-state index contributed by atoms with van der Waals surface area (Å²) in [5.74, 6) is 0.688. The molecule has 0 heterocycles. The van der Waals surface area contributed by atoms with Crippen molar-refractivity contribution in [2.24, 2.45) is 5.16 Å². The van der Waals surface area contributed by atoms with Crippen LogP contribution in [0.2, 0.25) is 5.02 Å². The second kappa shape index (κ2) is 6.25. The Hall–Kier alpha value is -2.00. The average Bonchev–Trinajstić information content (AvgIpc) is 2.46. The Bertz CT molecular complexity index is 579. The molecule has 2 aromatic rings. The average molecular weight is 276 g/mol. The van der Waals surface area contributed by atoms with Crippen LogP contribution in [0.3, 0.4) is 0 Å². The molecule has 0 aromatic heterocycles. The number of nitrogens with zero attached hydrogens (tertiary/aromatic N) is 1. The van der Waals surface area contributed by atoms with E-state index in [1.165, 1.54) is 0 Å². The fourth-order valence-corrected chi connectivity index (χ4v) is 1.81. The lowest BCUT2D eigenvalue weighted by Gasteiger charge is -2.10. The van der Waals surface area contributed by atoms with E-state index in [0.29, 0.717) is 23.1 Å². The van der Waals surface area contributed by atoms with Crippen molar-refractivity contribution >= 4 is 17.3 Å². The van der Waals surface area contributed by atoms with Gasteiger partial charge in [-0.25, -0.2) is 0 Å². The third kappa shape index (κ3) is 3.48. The summed E-state index contributed by atoms with van der Waals surface area (Å²) in [4.78, 5) is 0. The van der Waals surface area contributed by atoms with E-state index in [0.717, 1.165) is 11.1 Å². The molecule has 0 saturated heterocycles. The zero-order valence-electron chi connectivity index (χ0n) is 10.5. The van der Waals surface area contributed by atoms with Crippen LogP contribution in [0.1, 0.15) is 18.1 Å². The third-order valence-corrected chi connectivity index (χ3v) is 2.99. The van der Waals surface area contributed by atoms with Crippen molar-refractivity contribution in [2.45, 2.75) is 13.5 Å². The Morgan fingerprint density at radius 2 is 1.84 bits per heavy atom. The lowest BCUT2D eigenvalue weighted by atomic mass is 10.1. The second-order valence-corrected chi connectivity index (χ2v) is 4.53. The van der Waals surface area contributed by atoms with Crippen molar-refractivity contribution in [1.82, 2.24) is 0 Å². The SMILES string of the molecule is C/C(=N\O)c1ccccc1OCc1ccc(Cl)cc1. The predicted octanol–water partition coefficient (Wildman–Crippen LogP) is 4.12. The van der Waals surface area contributed by atoms with Gasteiger partial charge in [0.25, 0.3) is 0 Å². The van der Waals surface area contributed by atoms with Crippen molar-refractivity contribution in [3.05, 3.63) is 64.7 Å². The number of hydrogen-bond donors (Lipinski definition) is 1. The highest BCUT2D eigenvalue weighted by Gasteiger charge is 2.06. The van der Waals surface area contributed by atoms with E-state index < -0.39 is 0 Å². The molecular formula is C15H14ClNO2. The number of halogens is 1. The minimum absolute atomic E-state index is 0.437. The summed E-state index contributed by atoms with van der Waals surface area (Å²) in [6.45, 7) is 2.16. The summed E-state index contributed by atoms with van der Waals surface area (Å²) >= 11 is 5.83. The molecule has 0 aliphatic heterocycles. The van der Waals surface area contributed by atoms with Gasteiger partial charge in [0, 0.05) is 10.6 Å². The molecule has 0 aliphatic carbocycles. The summed E-state index contributed by atoms with van der Waals surface area (Å²) in [6.07, 6.45) is 0. The lowest BCUT2D eigenvalue weighted by molar-refractivity contribution is 0.303. The highest BCUT2D eigenvalue weighted by molar-refractivity contribution is 6.30. The Kier molecular flexibility index (Phi) is 4.42. The Morgan fingerprint density at radius 1 is 1.16 bits per heavy atom. The first kappa shape index (κ1) is 13.4. The van der Waals surface area contributed by atoms with E-state index in [1.54, 1.807) is 6.92 Å². The summed E-state index contributed by atoms with van der Waals surface area (Å²) in [5.41, 5.74) is 2.32. The summed E-state index contributed by atoms with van der Waals surface area (Å²) in [6, 6.07) is 14.9. The van der Waals surface area contributed by atoms with Crippen molar-refractivity contribution in [1.29, 1.82) is 0 Å². The maximum absolute atomic E-state index is 8.85. The molecule has 0 radical (unpaired) electrons. The number of para-hydroxylation sites is 1. The van der Waals surface area contributed by atoms with Crippen LogP contribution in [-0.2, 0) is 6.61 Å². The molecule has 0 unspecified atom stereocenters. The quantitative estimate of drug-likeness (QED) is 0.518. The molecular weight excluding hydrogens is 262 g/mol. The summed E-state index contributed by atoms with van der Waals surface area (Å²) < 4.78 is 5.75. The second-order valence-electron chi connectivity index (χ2n) is 4.10. The Balaban J connectivity index is 2.13. The minimum Gasteiger partial charge on any atom is -0.488 e. The maximum atomic E-state index is 8.85. The van der Waals surface area contributed by atoms with Crippen LogP contribution in [0.15, 0.2) is 53.7 Å². The van der Waals surface area contributed by atoms with Gasteiger partial charge in [-0.15, -0.1) is 0 Å². The van der Waals surface area contributed by atoms with Crippen molar-refractivity contribution in [2.75, 3.05) is 0 Å². The van der Waals surface area contributed by atoms with Gasteiger partial charge >= 0.3 is 0 Å². The van der Waals surface area contributed by atoms with Crippen LogP contribution < -0.4 is 4.74 Å². The molecule has 2 aromatic carbocycles. The molecule has 19 heavy (non-hydrogen) atoms. The first-order chi connectivity index (χ1) is 9.20. The maximum Gasteiger partial charge on any atom is 0.128 e. The number of oxime groups is 1. The normalized spacial score (nSPS) is 11.4. The first-order valence-electron chi connectivity index (χ1n) is 5.86. The van der Waals surface area contributed by atoms with Gasteiger partial charge in [-0.05, 0) is 36.8 Å². The van der Waals surface area contributed by atoms with Crippen LogP contribution in [0.25, 0.3) is 0 Å². The molecule has 0 fully saturated rings. The zero-order valence-corrected chi connectivity index (χ0v) is 11.3. The molecule has 2 rings (SSSR count). The highest BCUT2D eigenvalue weighted by atomic mass is 35.5. The van der Waals surface area contributed by atoms with E-state index in [4.69, 9.17) is 21.5 Å². The van der Waals surface area contributed by atoms with E-state index in [9.17, 15) is 0 Å². The minimum atomic E-state index is 0.437. The van der Waals surface area contributed by atoms with Crippen LogP contribution in [0, 0.1) is 0 Å². The highest BCUT2D eigenvalue weighted by Crippen LogP contribution is 2.20. The monoisotopic (exact) mass is 275 g/mol. The molecule has 0 aliphatic rings. The van der Waals surface area contributed by atoms with Crippen molar-refractivity contribution in [3.8, 4) is 5.75 Å². The fourth-order valence-electron chi connectivity index (χ4n) is 1.69. The predicted molar refractivity (Wildman–Crippen MR) is 76.2 cm³/mol. The fraction of sp³-hybridized carbons (Fsp3) is 0.133. The van der Waals surface area contributed by atoms with Crippen molar-refractivity contribution in [3.63, 3.8) is 0 Å². The first-order valence-corrected chi connectivity index (χ1v) is 6.24. The molecule has 0 bridgehead atoms. The number of rotatable bonds is 4. The summed E-state index contributed by atoms with van der Waals surface area (Å²) in [7, 11) is 0. The van der Waals surface area contributed by atoms with Gasteiger partial charge in [0.05, 0.1) is 5.71 Å². The number of hydrogen-bond acceptors (Lipinski definition) is 3. The molecule has 3 nitrogen and oxygen atoms in total. The molecule has 98 valence electrons. The van der Waals surface area contributed by atoms with Gasteiger partial charge in [-0.3, -0.25) is 0 Å². The third-order valence-electron chi connectivity index (χ3n) is 2.73. The molecule has 4 heteroatoms. The van der Waals surface area contributed by atoms with Crippen LogP contribution >= 0.6 is 11.6 Å². The summed E-state index contributed by atoms with van der Waals surface area (Å²) in [5, 5.41) is 12.8. The van der Waals surface area contributed by atoms with E-state index >= 15 is 0 Å².